The van der Waals surface area contributed by atoms with Crippen molar-refractivity contribution in [3.05, 3.63) is 47.0 Å². The minimum atomic E-state index is 0.577. The molecule has 0 aliphatic heterocycles. The maximum Gasteiger partial charge on any atom is 0.0406 e. The summed E-state index contributed by atoms with van der Waals surface area (Å²) in [5.41, 5.74) is 7.81. The molecule has 1 aromatic carbocycles. The van der Waals surface area contributed by atoms with Gasteiger partial charge in [-0.15, -0.1) is 0 Å². The summed E-state index contributed by atoms with van der Waals surface area (Å²) in [7, 11) is 0. The van der Waals surface area contributed by atoms with Crippen LogP contribution in [0.2, 0.25) is 5.02 Å². The molecule has 0 atom stereocenters. The molecule has 0 spiro atoms. The van der Waals surface area contributed by atoms with Crippen LogP contribution in [0.1, 0.15) is 5.56 Å². The molecule has 0 radical (unpaired) electrons. The Morgan fingerprint density at radius 3 is 2.57 bits per heavy atom. The van der Waals surface area contributed by atoms with E-state index in [4.69, 9.17) is 17.3 Å². The second-order valence-corrected chi connectivity index (χ2v) is 4.50. The van der Waals surface area contributed by atoms with Crippen molar-refractivity contribution < 1.29 is 0 Å². The summed E-state index contributed by atoms with van der Waals surface area (Å²) in [6.45, 7) is 4.43. The molecule has 0 aliphatic carbocycles. The van der Waals surface area contributed by atoms with Crippen molar-refractivity contribution in [1.29, 1.82) is 0 Å². The summed E-state index contributed by atoms with van der Waals surface area (Å²) in [5.74, 6) is 1.91. The molecule has 2 N–H and O–H groups in total. The van der Waals surface area contributed by atoms with Gasteiger partial charge in [-0.1, -0.05) is 35.9 Å². The third-order valence-corrected chi connectivity index (χ3v) is 3.18. The van der Waals surface area contributed by atoms with E-state index in [0.29, 0.717) is 6.54 Å². The first-order chi connectivity index (χ1) is 6.72. The van der Waals surface area contributed by atoms with Crippen molar-refractivity contribution >= 4 is 23.4 Å². The zero-order chi connectivity index (χ0) is 10.4. The van der Waals surface area contributed by atoms with Crippen LogP contribution < -0.4 is 5.73 Å². The van der Waals surface area contributed by atoms with Crippen molar-refractivity contribution in [3.63, 3.8) is 0 Å². The van der Waals surface area contributed by atoms with Crippen LogP contribution in [0, 0.1) is 0 Å². The molecule has 0 amide bonds. The fourth-order valence-corrected chi connectivity index (χ4v) is 2.02. The van der Waals surface area contributed by atoms with E-state index in [1.54, 1.807) is 0 Å². The third-order valence-electron chi connectivity index (χ3n) is 1.78. The summed E-state index contributed by atoms with van der Waals surface area (Å²) in [6.07, 6.45) is 0. The average Bonchev–Trinajstić information content (AvgIpc) is 2.21. The lowest BCUT2D eigenvalue weighted by Gasteiger charge is -2.03. The fourth-order valence-electron chi connectivity index (χ4n) is 0.953. The van der Waals surface area contributed by atoms with Gasteiger partial charge in [-0.2, -0.15) is 11.8 Å². The van der Waals surface area contributed by atoms with E-state index in [9.17, 15) is 0 Å². The van der Waals surface area contributed by atoms with Crippen LogP contribution in [-0.2, 0) is 5.75 Å². The average molecular weight is 228 g/mol. The Morgan fingerprint density at radius 2 is 2.00 bits per heavy atom. The number of hydrogen-bond acceptors (Lipinski definition) is 2. The van der Waals surface area contributed by atoms with Gasteiger partial charge in [0.15, 0.2) is 0 Å². The van der Waals surface area contributed by atoms with E-state index < -0.39 is 0 Å². The zero-order valence-corrected chi connectivity index (χ0v) is 9.57. The molecule has 0 aliphatic rings. The van der Waals surface area contributed by atoms with E-state index in [1.807, 2.05) is 36.0 Å². The number of rotatable bonds is 5. The van der Waals surface area contributed by atoms with Crippen molar-refractivity contribution in [1.82, 2.24) is 0 Å². The van der Waals surface area contributed by atoms with E-state index in [2.05, 4.69) is 6.58 Å². The normalized spacial score (nSPS) is 10.1. The Bertz CT molecular complexity index is 295. The van der Waals surface area contributed by atoms with Gasteiger partial charge in [-0.25, -0.2) is 0 Å². The quantitative estimate of drug-likeness (QED) is 0.783. The number of nitrogens with two attached hydrogens (primary N) is 1. The van der Waals surface area contributed by atoms with Crippen molar-refractivity contribution in [3.8, 4) is 0 Å². The Kier molecular flexibility index (Phi) is 5.09. The summed E-state index contributed by atoms with van der Waals surface area (Å²) in [5, 5.41) is 0.783. The van der Waals surface area contributed by atoms with E-state index in [1.165, 1.54) is 5.56 Å². The van der Waals surface area contributed by atoms with E-state index in [0.717, 1.165) is 22.1 Å². The molecular formula is C11H14ClNS. The Balaban J connectivity index is 2.31. The maximum absolute atomic E-state index is 5.78. The first kappa shape index (κ1) is 11.6. The topological polar surface area (TPSA) is 26.0 Å². The van der Waals surface area contributed by atoms with Gasteiger partial charge in [0.05, 0.1) is 0 Å². The Labute approximate surface area is 94.3 Å². The van der Waals surface area contributed by atoms with Gasteiger partial charge in [-0.3, -0.25) is 0 Å². The lowest BCUT2D eigenvalue weighted by atomic mass is 10.2. The first-order valence-electron chi connectivity index (χ1n) is 4.41. The van der Waals surface area contributed by atoms with Crippen LogP contribution in [0.4, 0.5) is 0 Å². The van der Waals surface area contributed by atoms with Gasteiger partial charge in [0, 0.05) is 23.1 Å². The van der Waals surface area contributed by atoms with Crippen LogP contribution in [0.3, 0.4) is 0 Å². The van der Waals surface area contributed by atoms with Crippen LogP contribution >= 0.6 is 23.4 Å². The highest BCUT2D eigenvalue weighted by Crippen LogP contribution is 2.16. The van der Waals surface area contributed by atoms with E-state index >= 15 is 0 Å². The molecule has 0 bridgehead atoms. The van der Waals surface area contributed by atoms with Crippen molar-refractivity contribution in [2.75, 3.05) is 12.3 Å². The SMILES string of the molecule is C=C(CN)CSCc1ccc(Cl)cc1. The monoisotopic (exact) mass is 227 g/mol. The molecule has 0 aromatic heterocycles. The molecule has 0 fully saturated rings. The van der Waals surface area contributed by atoms with Gasteiger partial charge in [0.1, 0.15) is 0 Å². The van der Waals surface area contributed by atoms with Gasteiger partial charge in [0.25, 0.3) is 0 Å². The maximum atomic E-state index is 5.78. The van der Waals surface area contributed by atoms with Crippen molar-refractivity contribution in [2.45, 2.75) is 5.75 Å². The van der Waals surface area contributed by atoms with Gasteiger partial charge < -0.3 is 5.73 Å². The van der Waals surface area contributed by atoms with Crippen LogP contribution in [0.25, 0.3) is 0 Å². The van der Waals surface area contributed by atoms with Crippen LogP contribution in [0.15, 0.2) is 36.4 Å². The molecule has 1 rings (SSSR count). The summed E-state index contributed by atoms with van der Waals surface area (Å²) < 4.78 is 0. The third kappa shape index (κ3) is 4.18. The van der Waals surface area contributed by atoms with Gasteiger partial charge >= 0.3 is 0 Å². The van der Waals surface area contributed by atoms with Crippen LogP contribution in [0.5, 0.6) is 0 Å². The molecule has 0 saturated carbocycles. The highest BCUT2D eigenvalue weighted by Gasteiger charge is 1.95. The number of thioether (sulfide) groups is 1. The van der Waals surface area contributed by atoms with Crippen molar-refractivity contribution in [2.24, 2.45) is 5.73 Å². The smallest absolute Gasteiger partial charge is 0.0406 e. The largest absolute Gasteiger partial charge is 0.327 e. The summed E-state index contributed by atoms with van der Waals surface area (Å²) >= 11 is 7.60. The number of hydrogen-bond donors (Lipinski definition) is 1. The minimum absolute atomic E-state index is 0.577. The highest BCUT2D eigenvalue weighted by atomic mass is 35.5. The molecule has 1 nitrogen and oxygen atoms in total. The highest BCUT2D eigenvalue weighted by molar-refractivity contribution is 7.98. The molecule has 14 heavy (non-hydrogen) atoms. The van der Waals surface area contributed by atoms with Gasteiger partial charge in [-0.05, 0) is 17.7 Å². The standard InChI is InChI=1S/C11H14ClNS/c1-9(6-13)7-14-8-10-2-4-11(12)5-3-10/h2-5H,1,6-8,13H2. The van der Waals surface area contributed by atoms with Crippen LogP contribution in [-0.4, -0.2) is 12.3 Å². The number of benzene rings is 1. The molecule has 76 valence electrons. The Morgan fingerprint density at radius 1 is 1.36 bits per heavy atom. The van der Waals surface area contributed by atoms with E-state index in [-0.39, 0.29) is 0 Å². The molecular weight excluding hydrogens is 214 g/mol. The summed E-state index contributed by atoms with van der Waals surface area (Å²) in [4.78, 5) is 0. The molecule has 0 heterocycles. The minimum Gasteiger partial charge on any atom is -0.327 e. The zero-order valence-electron chi connectivity index (χ0n) is 8.00. The molecule has 1 aromatic rings. The second kappa shape index (κ2) is 6.12. The predicted octanol–water partition coefficient (Wildman–Crippen LogP) is 3.09. The first-order valence-corrected chi connectivity index (χ1v) is 5.94. The lowest BCUT2D eigenvalue weighted by Crippen LogP contribution is -2.03. The fraction of sp³-hybridized carbons (Fsp3) is 0.273. The summed E-state index contributed by atoms with van der Waals surface area (Å²) in [6, 6.07) is 7.91. The number of halogens is 1. The van der Waals surface area contributed by atoms with Gasteiger partial charge in [0.2, 0.25) is 0 Å². The predicted molar refractivity (Wildman–Crippen MR) is 65.8 cm³/mol. The molecule has 0 saturated heterocycles. The molecule has 3 heteroatoms. The molecule has 0 unspecified atom stereocenters. The lowest BCUT2D eigenvalue weighted by molar-refractivity contribution is 1.15. The Hall–Kier alpha value is -0.440. The second-order valence-electron chi connectivity index (χ2n) is 3.07.